The van der Waals surface area contributed by atoms with E-state index in [0.29, 0.717) is 5.69 Å². The van der Waals surface area contributed by atoms with Crippen LogP contribution < -0.4 is 0 Å². The normalized spacial score (nSPS) is 10.4. The Morgan fingerprint density at radius 3 is 2.33 bits per heavy atom. The second kappa shape index (κ2) is 3.82. The highest BCUT2D eigenvalue weighted by Gasteiger charge is 2.00. The molecule has 0 saturated carbocycles. The minimum Gasteiger partial charge on any atom is -0.478 e. The van der Waals surface area contributed by atoms with E-state index in [4.69, 9.17) is 16.9 Å². The highest BCUT2D eigenvalue weighted by molar-refractivity contribution is 6.14. The monoisotopic (exact) mass is 184 g/mol. The van der Waals surface area contributed by atoms with Gasteiger partial charge in [-0.05, 0) is 24.3 Å². The Morgan fingerprint density at radius 1 is 1.33 bits per heavy atom. The van der Waals surface area contributed by atoms with E-state index in [1.807, 2.05) is 0 Å². The molecule has 0 aliphatic rings. The highest BCUT2D eigenvalue weighted by Crippen LogP contribution is 2.13. The molecule has 1 aromatic carbocycles. The first-order chi connectivity index (χ1) is 5.74. The predicted octanol–water partition coefficient (Wildman–Crippen LogP) is 2.62. The van der Waals surface area contributed by atoms with Gasteiger partial charge in [0.05, 0.1) is 23.0 Å². The van der Waals surface area contributed by atoms with E-state index in [0.717, 1.165) is 0 Å². The molecule has 62 valence electrons. The second-order valence-electron chi connectivity index (χ2n) is 2.03. The summed E-state index contributed by atoms with van der Waals surface area (Å²) in [4.78, 5) is 10.4. The molecule has 5 heteroatoms. The minimum atomic E-state index is -0.968. The van der Waals surface area contributed by atoms with Crippen molar-refractivity contribution in [1.82, 2.24) is 0 Å². The van der Waals surface area contributed by atoms with Gasteiger partial charge in [-0.3, -0.25) is 0 Å². The van der Waals surface area contributed by atoms with Crippen molar-refractivity contribution in [2.45, 2.75) is 0 Å². The van der Waals surface area contributed by atoms with Crippen molar-refractivity contribution in [2.75, 3.05) is 0 Å². The summed E-state index contributed by atoms with van der Waals surface area (Å²) in [5.74, 6) is -0.968. The van der Waals surface area contributed by atoms with Crippen LogP contribution in [0.3, 0.4) is 0 Å². The molecular weight excluding hydrogens is 180 g/mol. The van der Waals surface area contributed by atoms with Crippen LogP contribution in [0.25, 0.3) is 0 Å². The molecule has 0 aliphatic carbocycles. The van der Waals surface area contributed by atoms with Gasteiger partial charge in [0, 0.05) is 0 Å². The lowest BCUT2D eigenvalue weighted by Gasteiger charge is -1.92. The first-order valence-corrected chi connectivity index (χ1v) is 3.43. The number of halogens is 1. The maximum Gasteiger partial charge on any atom is 0.335 e. The van der Waals surface area contributed by atoms with E-state index in [2.05, 4.69) is 9.75 Å². The fourth-order valence-corrected chi connectivity index (χ4v) is 0.802. The Balaban J connectivity index is 2.93. The van der Waals surface area contributed by atoms with E-state index < -0.39 is 5.97 Å². The van der Waals surface area contributed by atoms with Crippen LogP contribution in [0.2, 0.25) is 0 Å². The molecule has 0 heterocycles. The van der Waals surface area contributed by atoms with Crippen LogP contribution in [0.1, 0.15) is 10.4 Å². The van der Waals surface area contributed by atoms with Gasteiger partial charge in [-0.25, -0.2) is 4.79 Å². The van der Waals surface area contributed by atoms with Crippen LogP contribution in [-0.4, -0.2) is 11.1 Å². The lowest BCUT2D eigenvalue weighted by atomic mass is 10.2. The summed E-state index contributed by atoms with van der Waals surface area (Å²) in [5.41, 5.74) is 0.735. The number of aromatic carboxylic acids is 1. The molecule has 4 nitrogen and oxygen atoms in total. The minimum absolute atomic E-state index is 0.212. The van der Waals surface area contributed by atoms with Crippen molar-refractivity contribution < 1.29 is 9.90 Å². The number of benzene rings is 1. The van der Waals surface area contributed by atoms with Gasteiger partial charge in [0.1, 0.15) is 0 Å². The van der Waals surface area contributed by atoms with E-state index in [-0.39, 0.29) is 5.56 Å². The summed E-state index contributed by atoms with van der Waals surface area (Å²) in [6.45, 7) is 0. The third-order valence-electron chi connectivity index (χ3n) is 1.27. The predicted molar refractivity (Wildman–Crippen MR) is 43.8 cm³/mol. The van der Waals surface area contributed by atoms with Gasteiger partial charge in [0.2, 0.25) is 0 Å². The summed E-state index contributed by atoms with van der Waals surface area (Å²) < 4.78 is 3.03. The van der Waals surface area contributed by atoms with Gasteiger partial charge in [-0.15, -0.1) is 5.11 Å². The Kier molecular flexibility index (Phi) is 2.76. The molecule has 0 aromatic heterocycles. The molecule has 12 heavy (non-hydrogen) atoms. The molecule has 0 aliphatic heterocycles. The maximum atomic E-state index is 10.4. The Bertz CT molecular complexity index is 308. The van der Waals surface area contributed by atoms with Gasteiger partial charge in [-0.2, -0.15) is 0 Å². The number of rotatable bonds is 2. The van der Waals surface area contributed by atoms with Crippen LogP contribution in [0.5, 0.6) is 0 Å². The molecule has 1 aromatic rings. The maximum absolute atomic E-state index is 10.4. The number of carbonyl (C=O) groups is 1. The third kappa shape index (κ3) is 2.03. The van der Waals surface area contributed by atoms with Crippen molar-refractivity contribution in [3.05, 3.63) is 29.8 Å². The van der Waals surface area contributed by atoms with E-state index in [9.17, 15) is 4.79 Å². The molecule has 0 atom stereocenters. The van der Waals surface area contributed by atoms with Gasteiger partial charge >= 0.3 is 5.97 Å². The fraction of sp³-hybridized carbons (Fsp3) is 0. The van der Waals surface area contributed by atoms with Gasteiger partial charge in [0.15, 0.2) is 0 Å². The topological polar surface area (TPSA) is 62.0 Å². The number of nitrogens with zero attached hydrogens (tertiary/aromatic N) is 2. The van der Waals surface area contributed by atoms with E-state index in [1.54, 1.807) is 0 Å². The van der Waals surface area contributed by atoms with Crippen LogP contribution in [0.4, 0.5) is 5.69 Å². The zero-order valence-electron chi connectivity index (χ0n) is 5.94. The lowest BCUT2D eigenvalue weighted by Crippen LogP contribution is -1.93. The summed E-state index contributed by atoms with van der Waals surface area (Å²) in [6, 6.07) is 5.91. The van der Waals surface area contributed by atoms with Crippen molar-refractivity contribution in [2.24, 2.45) is 9.75 Å². The number of carboxylic acid groups (broad SMARTS) is 1. The van der Waals surface area contributed by atoms with Crippen molar-refractivity contribution in [3.63, 3.8) is 0 Å². The van der Waals surface area contributed by atoms with E-state index in [1.165, 1.54) is 24.3 Å². The van der Waals surface area contributed by atoms with Crippen molar-refractivity contribution in [3.8, 4) is 0 Å². The van der Waals surface area contributed by atoms with Crippen LogP contribution in [0, 0.1) is 0 Å². The molecular formula is C7H5ClN2O2. The number of carboxylic acids is 1. The Hall–Kier alpha value is -1.42. The molecule has 0 saturated heterocycles. The fourth-order valence-electron chi connectivity index (χ4n) is 0.714. The summed E-state index contributed by atoms with van der Waals surface area (Å²) >= 11 is 4.98. The molecule has 0 unspecified atom stereocenters. The average molecular weight is 185 g/mol. The van der Waals surface area contributed by atoms with Crippen molar-refractivity contribution in [1.29, 1.82) is 0 Å². The third-order valence-corrected chi connectivity index (χ3v) is 1.34. The zero-order valence-corrected chi connectivity index (χ0v) is 6.69. The lowest BCUT2D eigenvalue weighted by molar-refractivity contribution is 0.0697. The number of hydrogen-bond acceptors (Lipinski definition) is 3. The summed E-state index contributed by atoms with van der Waals surface area (Å²) in [5, 5.41) is 12.0. The van der Waals surface area contributed by atoms with Gasteiger partial charge in [0.25, 0.3) is 0 Å². The molecule has 0 radical (unpaired) electrons. The van der Waals surface area contributed by atoms with Gasteiger partial charge < -0.3 is 5.11 Å². The largest absolute Gasteiger partial charge is 0.478 e. The SMILES string of the molecule is O=C(O)c1ccc(/N=N/Cl)cc1. The van der Waals surface area contributed by atoms with Crippen LogP contribution >= 0.6 is 11.8 Å². The zero-order chi connectivity index (χ0) is 8.97. The van der Waals surface area contributed by atoms with Gasteiger partial charge in [-0.1, -0.05) is 4.63 Å². The quantitative estimate of drug-likeness (QED) is 0.719. The molecule has 0 fully saturated rings. The van der Waals surface area contributed by atoms with Crippen molar-refractivity contribution >= 4 is 23.4 Å². The smallest absolute Gasteiger partial charge is 0.335 e. The average Bonchev–Trinajstić information content (AvgIpc) is 2.06. The first kappa shape index (κ1) is 8.67. The Labute approximate surface area is 73.6 Å². The molecule has 0 amide bonds. The van der Waals surface area contributed by atoms with E-state index >= 15 is 0 Å². The van der Waals surface area contributed by atoms with Crippen LogP contribution in [-0.2, 0) is 0 Å². The summed E-state index contributed by atoms with van der Waals surface area (Å²) in [6.07, 6.45) is 0. The van der Waals surface area contributed by atoms with Crippen LogP contribution in [0.15, 0.2) is 34.0 Å². The first-order valence-electron chi connectivity index (χ1n) is 3.09. The second-order valence-corrected chi connectivity index (χ2v) is 2.18. The molecule has 0 spiro atoms. The number of hydrogen-bond donors (Lipinski definition) is 1. The standard InChI is InChI=1S/C7H5ClN2O2/c8-10-9-6-3-1-5(2-4-6)7(11)12/h1-4H,(H,11,12)/b10-9+. The highest BCUT2D eigenvalue weighted by atomic mass is 35.5. The molecule has 1 rings (SSSR count). The summed E-state index contributed by atoms with van der Waals surface area (Å²) in [7, 11) is 0. The molecule has 1 N–H and O–H groups in total. The molecule has 0 bridgehead atoms. The Morgan fingerprint density at radius 2 is 1.92 bits per heavy atom.